The molecule has 2 fully saturated rings. The van der Waals surface area contributed by atoms with Crippen molar-refractivity contribution in [2.75, 3.05) is 18.8 Å². The van der Waals surface area contributed by atoms with E-state index in [-0.39, 0.29) is 17.7 Å². The van der Waals surface area contributed by atoms with Crippen LogP contribution in [-0.2, 0) is 11.3 Å². The molecule has 1 saturated carbocycles. The third-order valence-corrected chi connectivity index (χ3v) is 7.52. The summed E-state index contributed by atoms with van der Waals surface area (Å²) in [5.41, 5.74) is 10.1. The van der Waals surface area contributed by atoms with Gasteiger partial charge >= 0.3 is 0 Å². The van der Waals surface area contributed by atoms with Crippen molar-refractivity contribution in [3.8, 4) is 23.0 Å². The lowest BCUT2D eigenvalue weighted by Crippen LogP contribution is -2.39. The number of hydrogen-bond donors (Lipinski definition) is 3. The Morgan fingerprint density at radius 1 is 1.08 bits per heavy atom. The fourth-order valence-electron chi connectivity index (χ4n) is 5.41. The number of carbonyl (C=O) groups excluding carboxylic acids is 1. The average molecular weight is 486 g/mol. The van der Waals surface area contributed by atoms with Crippen molar-refractivity contribution in [2.45, 2.75) is 77.3 Å². The van der Waals surface area contributed by atoms with Crippen molar-refractivity contribution in [1.82, 2.24) is 15.2 Å². The molecule has 2 aromatic rings. The zero-order valence-electron chi connectivity index (χ0n) is 21.5. The van der Waals surface area contributed by atoms with Gasteiger partial charge in [0.05, 0.1) is 0 Å². The first-order valence-corrected chi connectivity index (χ1v) is 13.4. The first kappa shape index (κ1) is 25.9. The second-order valence-corrected chi connectivity index (χ2v) is 10.3. The largest absolute Gasteiger partial charge is 0.398 e. The summed E-state index contributed by atoms with van der Waals surface area (Å²) in [6.45, 7) is 5.05. The molecule has 2 unspecified atom stereocenters. The SMILES string of the molecule is CC#CCC1CCCC(NC(=O)C(=N)c2cc(-c3cncc(CN4CCCCC4)c3)ccc2N)CC1. The van der Waals surface area contributed by atoms with Gasteiger partial charge in [-0.1, -0.05) is 18.9 Å². The van der Waals surface area contributed by atoms with Crippen molar-refractivity contribution in [2.24, 2.45) is 5.92 Å². The second-order valence-electron chi connectivity index (χ2n) is 10.3. The van der Waals surface area contributed by atoms with Crippen LogP contribution >= 0.6 is 0 Å². The number of nitrogen functional groups attached to an aromatic ring is 1. The van der Waals surface area contributed by atoms with Crippen LogP contribution in [0.2, 0.25) is 0 Å². The molecule has 1 aliphatic heterocycles. The number of nitrogens with two attached hydrogens (primary N) is 1. The van der Waals surface area contributed by atoms with Gasteiger partial charge in [-0.15, -0.1) is 11.8 Å². The molecule has 36 heavy (non-hydrogen) atoms. The van der Waals surface area contributed by atoms with Crippen molar-refractivity contribution < 1.29 is 4.79 Å². The molecule has 4 rings (SSSR count). The molecule has 0 radical (unpaired) electrons. The van der Waals surface area contributed by atoms with Gasteiger partial charge in [0, 0.05) is 48.2 Å². The molecular weight excluding hydrogens is 446 g/mol. The van der Waals surface area contributed by atoms with Crippen molar-refractivity contribution in [1.29, 1.82) is 5.41 Å². The van der Waals surface area contributed by atoms with Gasteiger partial charge in [0.1, 0.15) is 5.71 Å². The van der Waals surface area contributed by atoms with Crippen LogP contribution in [0.25, 0.3) is 11.1 Å². The minimum Gasteiger partial charge on any atom is -0.398 e. The minimum absolute atomic E-state index is 0.0792. The number of hydrogen-bond acceptors (Lipinski definition) is 5. The van der Waals surface area contributed by atoms with Crippen molar-refractivity contribution in [3.05, 3.63) is 47.8 Å². The Labute approximate surface area is 215 Å². The molecule has 0 spiro atoms. The summed E-state index contributed by atoms with van der Waals surface area (Å²) in [5.74, 6) is 6.43. The molecular formula is C30H39N5O. The number of carbonyl (C=O) groups is 1. The minimum atomic E-state index is -0.354. The smallest absolute Gasteiger partial charge is 0.270 e. The zero-order chi connectivity index (χ0) is 25.3. The maximum atomic E-state index is 13.0. The van der Waals surface area contributed by atoms with Crippen LogP contribution < -0.4 is 11.1 Å². The number of amides is 1. The average Bonchev–Trinajstić information content (AvgIpc) is 3.13. The Hall–Kier alpha value is -3.17. The number of nitrogens with zero attached hydrogens (tertiary/aromatic N) is 2. The number of likely N-dealkylation sites (tertiary alicyclic amines) is 1. The summed E-state index contributed by atoms with van der Waals surface area (Å²) in [5, 5.41) is 11.7. The number of rotatable bonds is 7. The van der Waals surface area contributed by atoms with E-state index in [1.54, 1.807) is 6.07 Å². The van der Waals surface area contributed by atoms with E-state index in [9.17, 15) is 4.79 Å². The van der Waals surface area contributed by atoms with Crippen molar-refractivity contribution >= 4 is 17.3 Å². The van der Waals surface area contributed by atoms with Gasteiger partial charge in [0.15, 0.2) is 0 Å². The molecule has 1 aromatic carbocycles. The number of piperidine rings is 1. The Bertz CT molecular complexity index is 1130. The predicted octanol–water partition coefficient (Wildman–Crippen LogP) is 5.16. The van der Waals surface area contributed by atoms with Gasteiger partial charge in [-0.3, -0.25) is 20.1 Å². The van der Waals surface area contributed by atoms with Crippen LogP contribution in [0.1, 0.15) is 75.8 Å². The maximum Gasteiger partial charge on any atom is 0.270 e. The molecule has 2 aliphatic rings. The normalized spacial score (nSPS) is 20.6. The van der Waals surface area contributed by atoms with Gasteiger partial charge in [0.25, 0.3) is 5.91 Å². The fourth-order valence-corrected chi connectivity index (χ4v) is 5.41. The first-order chi connectivity index (χ1) is 17.5. The second kappa shape index (κ2) is 12.7. The number of pyridine rings is 1. The van der Waals surface area contributed by atoms with E-state index in [1.165, 1.54) is 24.8 Å². The quantitative estimate of drug-likeness (QED) is 0.218. The number of aromatic nitrogens is 1. The summed E-state index contributed by atoms with van der Waals surface area (Å²) in [7, 11) is 0. The number of benzene rings is 1. The lowest BCUT2D eigenvalue weighted by molar-refractivity contribution is -0.115. The van der Waals surface area contributed by atoms with Crippen LogP contribution in [0.3, 0.4) is 0 Å². The first-order valence-electron chi connectivity index (χ1n) is 13.4. The number of nitrogens with one attached hydrogen (secondary N) is 2. The molecule has 1 aliphatic carbocycles. The summed E-state index contributed by atoms with van der Waals surface area (Å²) >= 11 is 0. The van der Waals surface area contributed by atoms with Gasteiger partial charge < -0.3 is 11.1 Å². The Kier molecular flexibility index (Phi) is 9.13. The third-order valence-electron chi connectivity index (χ3n) is 7.52. The molecule has 1 saturated heterocycles. The molecule has 2 heterocycles. The number of anilines is 1. The Balaban J connectivity index is 1.42. The third kappa shape index (κ3) is 6.95. The molecule has 1 aromatic heterocycles. The standard InChI is InChI=1S/C30H39N5O/c1-2-3-8-22-9-7-10-26(13-11-22)34-30(36)29(32)27-18-24(12-14-28(27)31)25-17-23(19-33-20-25)21-35-15-5-4-6-16-35/h12,14,17-20,22,26,32H,4-11,13,15-16,21,31H2,1H3,(H,34,36). The summed E-state index contributed by atoms with van der Waals surface area (Å²) < 4.78 is 0. The van der Waals surface area contributed by atoms with E-state index in [0.29, 0.717) is 17.2 Å². The summed E-state index contributed by atoms with van der Waals surface area (Å²) in [4.78, 5) is 20.0. The topological polar surface area (TPSA) is 95.1 Å². The fraction of sp³-hybridized carbons (Fsp3) is 0.500. The highest BCUT2D eigenvalue weighted by molar-refractivity contribution is 6.45. The molecule has 2 atom stereocenters. The zero-order valence-corrected chi connectivity index (χ0v) is 21.5. The van der Waals surface area contributed by atoms with Crippen LogP contribution in [0.15, 0.2) is 36.7 Å². The maximum absolute atomic E-state index is 13.0. The van der Waals surface area contributed by atoms with Crippen LogP contribution in [-0.4, -0.2) is 40.6 Å². The Morgan fingerprint density at radius 2 is 1.92 bits per heavy atom. The molecule has 0 bridgehead atoms. The molecule has 6 heteroatoms. The van der Waals surface area contributed by atoms with E-state index in [4.69, 9.17) is 11.1 Å². The summed E-state index contributed by atoms with van der Waals surface area (Å²) in [6.07, 6.45) is 13.7. The lowest BCUT2D eigenvalue weighted by atomic mass is 9.97. The molecule has 6 nitrogen and oxygen atoms in total. The highest BCUT2D eigenvalue weighted by Crippen LogP contribution is 2.27. The predicted molar refractivity (Wildman–Crippen MR) is 147 cm³/mol. The lowest BCUT2D eigenvalue weighted by Gasteiger charge is -2.26. The van der Waals surface area contributed by atoms with E-state index < -0.39 is 0 Å². The van der Waals surface area contributed by atoms with Crippen LogP contribution in [0.5, 0.6) is 0 Å². The van der Waals surface area contributed by atoms with E-state index in [0.717, 1.165) is 69.3 Å². The van der Waals surface area contributed by atoms with Gasteiger partial charge in [0.2, 0.25) is 0 Å². The van der Waals surface area contributed by atoms with E-state index >= 15 is 0 Å². The highest BCUT2D eigenvalue weighted by atomic mass is 16.1. The molecule has 4 N–H and O–H groups in total. The van der Waals surface area contributed by atoms with Crippen molar-refractivity contribution in [3.63, 3.8) is 0 Å². The van der Waals surface area contributed by atoms with Crippen LogP contribution in [0.4, 0.5) is 5.69 Å². The van der Waals surface area contributed by atoms with Gasteiger partial charge in [-0.05, 0) is 93.8 Å². The summed E-state index contributed by atoms with van der Waals surface area (Å²) in [6, 6.07) is 7.83. The van der Waals surface area contributed by atoms with Gasteiger partial charge in [-0.25, -0.2) is 0 Å². The van der Waals surface area contributed by atoms with E-state index in [1.807, 2.05) is 31.5 Å². The Morgan fingerprint density at radius 3 is 2.72 bits per heavy atom. The monoisotopic (exact) mass is 485 g/mol. The molecule has 1 amide bonds. The van der Waals surface area contributed by atoms with Crippen LogP contribution in [0, 0.1) is 23.2 Å². The molecule has 190 valence electrons. The highest BCUT2D eigenvalue weighted by Gasteiger charge is 2.23. The van der Waals surface area contributed by atoms with Gasteiger partial charge in [-0.2, -0.15) is 0 Å². The van der Waals surface area contributed by atoms with E-state index in [2.05, 4.69) is 33.1 Å².